The molecule has 0 spiro atoms. The Balaban J connectivity index is 1.49. The molecule has 2 aromatic carbocycles. The van der Waals surface area contributed by atoms with Gasteiger partial charge in [-0.05, 0) is 42.8 Å². The number of ether oxygens (including phenoxy) is 1. The molecular formula is C23H22N4O3S. The first-order valence-corrected chi connectivity index (χ1v) is 10.7. The molecule has 2 aromatic heterocycles. The van der Waals surface area contributed by atoms with Gasteiger partial charge in [-0.15, -0.1) is 10.2 Å². The SMILES string of the molecule is COc1cccc(CNC(=O)CSc2nnc(-c3ccoc3C)n2-c2ccccc2)c1. The molecule has 0 radical (unpaired) electrons. The van der Waals surface area contributed by atoms with Gasteiger partial charge in [0.2, 0.25) is 5.91 Å². The van der Waals surface area contributed by atoms with Crippen LogP contribution in [-0.2, 0) is 11.3 Å². The highest BCUT2D eigenvalue weighted by atomic mass is 32.2. The summed E-state index contributed by atoms with van der Waals surface area (Å²) in [5, 5.41) is 12.3. The third-order valence-corrected chi connectivity index (χ3v) is 5.63. The topological polar surface area (TPSA) is 82.2 Å². The molecule has 8 heteroatoms. The lowest BCUT2D eigenvalue weighted by Gasteiger charge is -2.10. The first-order chi connectivity index (χ1) is 15.2. The molecule has 1 amide bonds. The molecule has 1 N–H and O–H groups in total. The minimum absolute atomic E-state index is 0.0866. The van der Waals surface area contributed by atoms with Crippen molar-refractivity contribution in [3.8, 4) is 22.8 Å². The maximum Gasteiger partial charge on any atom is 0.230 e. The predicted molar refractivity (Wildman–Crippen MR) is 119 cm³/mol. The van der Waals surface area contributed by atoms with Crippen LogP contribution in [0.3, 0.4) is 0 Å². The molecule has 7 nitrogen and oxygen atoms in total. The fourth-order valence-electron chi connectivity index (χ4n) is 3.13. The molecule has 4 rings (SSSR count). The number of carbonyl (C=O) groups excluding carboxylic acids is 1. The van der Waals surface area contributed by atoms with E-state index in [9.17, 15) is 4.79 Å². The summed E-state index contributed by atoms with van der Waals surface area (Å²) < 4.78 is 12.6. The molecule has 0 fully saturated rings. The molecule has 2 heterocycles. The van der Waals surface area contributed by atoms with Crippen molar-refractivity contribution in [1.82, 2.24) is 20.1 Å². The van der Waals surface area contributed by atoms with Gasteiger partial charge in [-0.25, -0.2) is 0 Å². The van der Waals surface area contributed by atoms with E-state index in [4.69, 9.17) is 9.15 Å². The number of nitrogens with zero attached hydrogens (tertiary/aromatic N) is 3. The van der Waals surface area contributed by atoms with Crippen molar-refractivity contribution in [2.45, 2.75) is 18.6 Å². The van der Waals surface area contributed by atoms with E-state index in [-0.39, 0.29) is 11.7 Å². The van der Waals surface area contributed by atoms with Crippen LogP contribution in [0, 0.1) is 6.92 Å². The first-order valence-electron chi connectivity index (χ1n) is 9.73. The van der Waals surface area contributed by atoms with Crippen molar-refractivity contribution in [1.29, 1.82) is 0 Å². The zero-order valence-electron chi connectivity index (χ0n) is 17.2. The molecule has 4 aromatic rings. The van der Waals surface area contributed by atoms with Gasteiger partial charge in [0.15, 0.2) is 11.0 Å². The smallest absolute Gasteiger partial charge is 0.230 e. The predicted octanol–water partition coefficient (Wildman–Crippen LogP) is 4.25. The largest absolute Gasteiger partial charge is 0.497 e. The standard InChI is InChI=1S/C23H22N4O3S/c1-16-20(11-12-30-16)22-25-26-23(27(22)18-8-4-3-5-9-18)31-15-21(28)24-14-17-7-6-10-19(13-17)29-2/h3-13H,14-15H2,1-2H3,(H,24,28). The number of amides is 1. The normalized spacial score (nSPS) is 10.8. The number of nitrogens with one attached hydrogen (secondary N) is 1. The van der Waals surface area contributed by atoms with Crippen molar-refractivity contribution in [3.05, 3.63) is 78.3 Å². The lowest BCUT2D eigenvalue weighted by atomic mass is 10.2. The number of carbonyl (C=O) groups is 1. The van der Waals surface area contributed by atoms with Crippen LogP contribution in [0.5, 0.6) is 5.75 Å². The van der Waals surface area contributed by atoms with Crippen LogP contribution in [0.25, 0.3) is 17.1 Å². The van der Waals surface area contributed by atoms with E-state index in [1.54, 1.807) is 13.4 Å². The van der Waals surface area contributed by atoms with E-state index in [1.807, 2.05) is 72.2 Å². The van der Waals surface area contributed by atoms with Crippen LogP contribution in [-0.4, -0.2) is 33.5 Å². The second-order valence-corrected chi connectivity index (χ2v) is 7.73. The van der Waals surface area contributed by atoms with E-state index >= 15 is 0 Å². The average Bonchev–Trinajstić information content (AvgIpc) is 3.42. The van der Waals surface area contributed by atoms with Crippen molar-refractivity contribution in [2.75, 3.05) is 12.9 Å². The van der Waals surface area contributed by atoms with Crippen molar-refractivity contribution < 1.29 is 13.9 Å². The zero-order valence-corrected chi connectivity index (χ0v) is 18.1. The molecule has 0 aliphatic carbocycles. The number of aromatic nitrogens is 3. The second kappa shape index (κ2) is 9.53. The molecule has 0 unspecified atom stereocenters. The molecule has 0 aliphatic heterocycles. The summed E-state index contributed by atoms with van der Waals surface area (Å²) in [5.41, 5.74) is 2.76. The summed E-state index contributed by atoms with van der Waals surface area (Å²) in [6.07, 6.45) is 1.63. The Labute approximate surface area is 184 Å². The van der Waals surface area contributed by atoms with Crippen molar-refractivity contribution in [3.63, 3.8) is 0 Å². The maximum absolute atomic E-state index is 12.4. The number of benzene rings is 2. The average molecular weight is 435 g/mol. The highest BCUT2D eigenvalue weighted by molar-refractivity contribution is 7.99. The number of aryl methyl sites for hydroxylation is 1. The van der Waals surface area contributed by atoms with Crippen LogP contribution in [0.4, 0.5) is 0 Å². The Morgan fingerprint density at radius 3 is 2.71 bits per heavy atom. The molecule has 0 bridgehead atoms. The summed E-state index contributed by atoms with van der Waals surface area (Å²) in [7, 11) is 1.62. The Morgan fingerprint density at radius 2 is 1.97 bits per heavy atom. The Hall–Kier alpha value is -3.52. The first kappa shape index (κ1) is 20.7. The van der Waals surface area contributed by atoms with Crippen LogP contribution in [0.2, 0.25) is 0 Å². The molecule has 0 saturated heterocycles. The fourth-order valence-corrected chi connectivity index (χ4v) is 3.91. The molecule has 158 valence electrons. The summed E-state index contributed by atoms with van der Waals surface area (Å²) >= 11 is 1.34. The van der Waals surface area contributed by atoms with Gasteiger partial charge in [-0.2, -0.15) is 0 Å². The summed E-state index contributed by atoms with van der Waals surface area (Å²) in [5.74, 6) is 2.34. The van der Waals surface area contributed by atoms with Gasteiger partial charge in [0.25, 0.3) is 0 Å². The number of hydrogen-bond acceptors (Lipinski definition) is 6. The van der Waals surface area contributed by atoms with E-state index in [0.717, 1.165) is 28.3 Å². The quantitative estimate of drug-likeness (QED) is 0.418. The van der Waals surface area contributed by atoms with Gasteiger partial charge in [0.1, 0.15) is 11.5 Å². The molecule has 31 heavy (non-hydrogen) atoms. The lowest BCUT2D eigenvalue weighted by Crippen LogP contribution is -2.24. The van der Waals surface area contributed by atoms with Crippen molar-refractivity contribution >= 4 is 17.7 Å². The maximum atomic E-state index is 12.4. The highest BCUT2D eigenvalue weighted by Crippen LogP contribution is 2.30. The zero-order chi connectivity index (χ0) is 21.6. The van der Waals surface area contributed by atoms with Gasteiger partial charge in [-0.3, -0.25) is 9.36 Å². The van der Waals surface area contributed by atoms with Crippen LogP contribution >= 0.6 is 11.8 Å². The van der Waals surface area contributed by atoms with E-state index in [0.29, 0.717) is 17.5 Å². The van der Waals surface area contributed by atoms with Crippen LogP contribution in [0.15, 0.2) is 76.5 Å². The molecule has 0 saturated carbocycles. The summed E-state index contributed by atoms with van der Waals surface area (Å²) in [6, 6.07) is 19.3. The number of para-hydroxylation sites is 1. The van der Waals surface area contributed by atoms with Gasteiger partial charge >= 0.3 is 0 Å². The Morgan fingerprint density at radius 1 is 1.13 bits per heavy atom. The second-order valence-electron chi connectivity index (χ2n) is 6.78. The minimum Gasteiger partial charge on any atom is -0.497 e. The number of rotatable bonds is 8. The van der Waals surface area contributed by atoms with E-state index < -0.39 is 0 Å². The highest BCUT2D eigenvalue weighted by Gasteiger charge is 2.19. The fraction of sp³-hybridized carbons (Fsp3) is 0.174. The lowest BCUT2D eigenvalue weighted by molar-refractivity contribution is -0.118. The van der Waals surface area contributed by atoms with Gasteiger partial charge in [-0.1, -0.05) is 42.1 Å². The van der Waals surface area contributed by atoms with Gasteiger partial charge in [0, 0.05) is 12.2 Å². The van der Waals surface area contributed by atoms with Crippen LogP contribution < -0.4 is 10.1 Å². The Kier molecular flexibility index (Phi) is 6.37. The van der Waals surface area contributed by atoms with Crippen molar-refractivity contribution in [2.24, 2.45) is 0 Å². The third-order valence-electron chi connectivity index (χ3n) is 4.70. The molecule has 0 aliphatic rings. The summed E-state index contributed by atoms with van der Waals surface area (Å²) in [6.45, 7) is 2.32. The number of hydrogen-bond donors (Lipinski definition) is 1. The molecular weight excluding hydrogens is 412 g/mol. The van der Waals surface area contributed by atoms with Gasteiger partial charge < -0.3 is 14.5 Å². The monoisotopic (exact) mass is 434 g/mol. The van der Waals surface area contributed by atoms with E-state index in [1.165, 1.54) is 11.8 Å². The number of methoxy groups -OCH3 is 1. The molecule has 0 atom stereocenters. The number of furan rings is 1. The third kappa shape index (κ3) is 4.80. The summed E-state index contributed by atoms with van der Waals surface area (Å²) in [4.78, 5) is 12.4. The van der Waals surface area contributed by atoms with E-state index in [2.05, 4.69) is 15.5 Å². The van der Waals surface area contributed by atoms with Gasteiger partial charge in [0.05, 0.1) is 24.7 Å². The Bertz CT molecular complexity index is 1170. The van der Waals surface area contributed by atoms with Crippen LogP contribution in [0.1, 0.15) is 11.3 Å². The minimum atomic E-state index is -0.0866. The number of thioether (sulfide) groups is 1.